The molecule has 0 radical (unpaired) electrons. The fourth-order valence-electron chi connectivity index (χ4n) is 2.91. The second-order valence-corrected chi connectivity index (χ2v) is 6.62. The van der Waals surface area contributed by atoms with Gasteiger partial charge in [-0.1, -0.05) is 0 Å². The molecule has 0 aliphatic heterocycles. The first-order valence-electron chi connectivity index (χ1n) is 8.98. The molecule has 0 bridgehead atoms. The normalized spacial score (nSPS) is 12.0. The van der Waals surface area contributed by atoms with Crippen LogP contribution in [0.1, 0.15) is 22.8 Å². The molecule has 1 aromatic carbocycles. The Hall–Kier alpha value is -3.13. The maximum atomic E-state index is 12.6. The summed E-state index contributed by atoms with van der Waals surface area (Å²) in [4.78, 5) is 18.7. The summed E-state index contributed by atoms with van der Waals surface area (Å²) in [5.41, 5.74) is 7.82. The minimum Gasteiger partial charge on any atom is -0.497 e. The summed E-state index contributed by atoms with van der Waals surface area (Å²) < 4.78 is 12.5. The van der Waals surface area contributed by atoms with Gasteiger partial charge in [0.25, 0.3) is 5.91 Å². The van der Waals surface area contributed by atoms with Crippen LogP contribution in [0.5, 0.6) is 11.5 Å². The number of amides is 1. The number of ether oxygens (including phenoxy) is 2. The van der Waals surface area contributed by atoms with Crippen LogP contribution in [0.3, 0.4) is 0 Å². The number of nitrogens with two attached hydrogens (primary N) is 1. The van der Waals surface area contributed by atoms with Gasteiger partial charge >= 0.3 is 0 Å². The van der Waals surface area contributed by atoms with Crippen LogP contribution >= 0.6 is 0 Å². The largest absolute Gasteiger partial charge is 0.497 e. The number of hydrogen-bond donors (Lipinski definition) is 1. The number of pyridine rings is 1. The van der Waals surface area contributed by atoms with Crippen molar-refractivity contribution in [2.45, 2.75) is 19.5 Å². The highest BCUT2D eigenvalue weighted by molar-refractivity contribution is 5.96. The van der Waals surface area contributed by atoms with E-state index in [1.165, 1.54) is 0 Å². The first-order valence-corrected chi connectivity index (χ1v) is 8.98. The molecule has 8 nitrogen and oxygen atoms in total. The average Bonchev–Trinajstić information content (AvgIpc) is 3.14. The lowest BCUT2D eigenvalue weighted by Crippen LogP contribution is -2.39. The van der Waals surface area contributed by atoms with Crippen molar-refractivity contribution in [3.63, 3.8) is 0 Å². The van der Waals surface area contributed by atoms with Gasteiger partial charge in [-0.25, -0.2) is 9.67 Å². The van der Waals surface area contributed by atoms with Gasteiger partial charge in [0.2, 0.25) is 0 Å². The number of methoxy groups -OCH3 is 2. The Labute approximate surface area is 163 Å². The SMILES string of the molecule is COc1ccc(Cn2ncc3cc(C(=O)N(C)C(C)CN)cnc32)c(OC)c1. The van der Waals surface area contributed by atoms with Gasteiger partial charge in [0.05, 0.1) is 32.5 Å². The summed E-state index contributed by atoms with van der Waals surface area (Å²) in [6.45, 7) is 2.80. The van der Waals surface area contributed by atoms with E-state index < -0.39 is 0 Å². The van der Waals surface area contributed by atoms with Crippen LogP contribution in [0, 0.1) is 0 Å². The number of likely N-dealkylation sites (N-methyl/N-ethyl adjacent to an activating group) is 1. The summed E-state index contributed by atoms with van der Waals surface area (Å²) in [5.74, 6) is 1.33. The molecule has 1 unspecified atom stereocenters. The van der Waals surface area contributed by atoms with Crippen LogP contribution in [0.15, 0.2) is 36.7 Å². The average molecular weight is 383 g/mol. The molecular formula is C20H25N5O3. The smallest absolute Gasteiger partial charge is 0.255 e. The summed E-state index contributed by atoms with van der Waals surface area (Å²) in [5, 5.41) is 5.23. The third-order valence-electron chi connectivity index (χ3n) is 4.86. The van der Waals surface area contributed by atoms with Crippen LogP contribution in [-0.2, 0) is 6.54 Å². The maximum absolute atomic E-state index is 12.6. The Morgan fingerprint density at radius 1 is 1.25 bits per heavy atom. The second-order valence-electron chi connectivity index (χ2n) is 6.62. The molecule has 0 saturated heterocycles. The fourth-order valence-corrected chi connectivity index (χ4v) is 2.91. The van der Waals surface area contributed by atoms with E-state index in [0.717, 1.165) is 16.7 Å². The third kappa shape index (κ3) is 3.77. The molecule has 0 saturated carbocycles. The molecule has 0 spiro atoms. The highest BCUT2D eigenvalue weighted by atomic mass is 16.5. The standard InChI is InChI=1S/C20H25N5O3/c1-13(9-21)24(2)20(26)16-7-15-11-23-25(19(15)22-10-16)12-14-5-6-17(27-3)8-18(14)28-4/h5-8,10-11,13H,9,12,21H2,1-4H3. The molecule has 0 aliphatic carbocycles. The van der Waals surface area contributed by atoms with E-state index in [2.05, 4.69) is 10.1 Å². The van der Waals surface area contributed by atoms with E-state index in [4.69, 9.17) is 15.2 Å². The van der Waals surface area contributed by atoms with E-state index in [1.54, 1.807) is 49.3 Å². The fraction of sp³-hybridized carbons (Fsp3) is 0.350. The lowest BCUT2D eigenvalue weighted by Gasteiger charge is -2.23. The first-order chi connectivity index (χ1) is 13.5. The van der Waals surface area contributed by atoms with Gasteiger partial charge < -0.3 is 20.1 Å². The van der Waals surface area contributed by atoms with Crippen molar-refractivity contribution >= 4 is 16.9 Å². The zero-order valence-corrected chi connectivity index (χ0v) is 16.5. The second kappa shape index (κ2) is 8.26. The summed E-state index contributed by atoms with van der Waals surface area (Å²) in [6.07, 6.45) is 3.29. The molecule has 3 aromatic rings. The number of nitrogens with zero attached hydrogens (tertiary/aromatic N) is 4. The number of carbonyl (C=O) groups excluding carboxylic acids is 1. The number of rotatable bonds is 7. The highest BCUT2D eigenvalue weighted by Gasteiger charge is 2.18. The van der Waals surface area contributed by atoms with Gasteiger partial charge in [0, 0.05) is 42.8 Å². The Morgan fingerprint density at radius 2 is 2.04 bits per heavy atom. The van der Waals surface area contributed by atoms with E-state index in [9.17, 15) is 4.79 Å². The van der Waals surface area contributed by atoms with Gasteiger partial charge in [-0.15, -0.1) is 0 Å². The molecule has 0 fully saturated rings. The van der Waals surface area contributed by atoms with Gasteiger partial charge in [0.1, 0.15) is 11.5 Å². The van der Waals surface area contributed by atoms with Gasteiger partial charge in [0.15, 0.2) is 5.65 Å². The van der Waals surface area contributed by atoms with E-state index >= 15 is 0 Å². The predicted molar refractivity (Wildman–Crippen MR) is 107 cm³/mol. The van der Waals surface area contributed by atoms with Gasteiger partial charge in [-0.3, -0.25) is 4.79 Å². The number of carbonyl (C=O) groups is 1. The zero-order chi connectivity index (χ0) is 20.3. The minimum absolute atomic E-state index is 0.0477. The predicted octanol–water partition coefficient (Wildman–Crippen LogP) is 1.92. The number of fused-ring (bicyclic) bond motifs is 1. The Balaban J connectivity index is 1.88. The first kappa shape index (κ1) is 19.6. The quantitative estimate of drug-likeness (QED) is 0.670. The summed E-state index contributed by atoms with van der Waals surface area (Å²) >= 11 is 0. The number of hydrogen-bond acceptors (Lipinski definition) is 6. The van der Waals surface area contributed by atoms with E-state index in [1.807, 2.05) is 25.1 Å². The zero-order valence-electron chi connectivity index (χ0n) is 16.5. The van der Waals surface area contributed by atoms with Crippen molar-refractivity contribution in [2.24, 2.45) is 5.73 Å². The van der Waals surface area contributed by atoms with E-state index in [-0.39, 0.29) is 11.9 Å². The van der Waals surface area contributed by atoms with Crippen LogP contribution in [0.2, 0.25) is 0 Å². The number of aromatic nitrogens is 3. The summed E-state index contributed by atoms with van der Waals surface area (Å²) in [7, 11) is 4.97. The highest BCUT2D eigenvalue weighted by Crippen LogP contribution is 2.26. The molecule has 3 rings (SSSR count). The Bertz CT molecular complexity index is 985. The van der Waals surface area contributed by atoms with Crippen molar-refractivity contribution < 1.29 is 14.3 Å². The van der Waals surface area contributed by atoms with Crippen molar-refractivity contribution in [3.8, 4) is 11.5 Å². The maximum Gasteiger partial charge on any atom is 0.255 e. The topological polar surface area (TPSA) is 95.5 Å². The monoisotopic (exact) mass is 383 g/mol. The molecule has 1 amide bonds. The van der Waals surface area contributed by atoms with Crippen molar-refractivity contribution in [3.05, 3.63) is 47.8 Å². The molecule has 28 heavy (non-hydrogen) atoms. The lowest BCUT2D eigenvalue weighted by atomic mass is 10.2. The Kier molecular flexibility index (Phi) is 5.79. The minimum atomic E-state index is -0.114. The molecule has 8 heteroatoms. The molecule has 2 N–H and O–H groups in total. The van der Waals surface area contributed by atoms with Crippen LogP contribution < -0.4 is 15.2 Å². The molecule has 2 heterocycles. The van der Waals surface area contributed by atoms with Gasteiger partial charge in [-0.05, 0) is 25.1 Å². The van der Waals surface area contributed by atoms with E-state index in [0.29, 0.717) is 30.0 Å². The van der Waals surface area contributed by atoms with Crippen LogP contribution in [0.4, 0.5) is 0 Å². The molecule has 148 valence electrons. The lowest BCUT2D eigenvalue weighted by molar-refractivity contribution is 0.0748. The molecule has 2 aromatic heterocycles. The third-order valence-corrected chi connectivity index (χ3v) is 4.86. The number of benzene rings is 1. The van der Waals surface area contributed by atoms with Crippen molar-refractivity contribution in [1.82, 2.24) is 19.7 Å². The Morgan fingerprint density at radius 3 is 2.71 bits per heavy atom. The van der Waals surface area contributed by atoms with Crippen LogP contribution in [-0.4, -0.2) is 59.4 Å². The molecule has 1 atom stereocenters. The van der Waals surface area contributed by atoms with Crippen molar-refractivity contribution in [1.29, 1.82) is 0 Å². The van der Waals surface area contributed by atoms with Gasteiger partial charge in [-0.2, -0.15) is 5.10 Å². The molecular weight excluding hydrogens is 358 g/mol. The van der Waals surface area contributed by atoms with Crippen molar-refractivity contribution in [2.75, 3.05) is 27.8 Å². The molecule has 0 aliphatic rings. The summed E-state index contributed by atoms with van der Waals surface area (Å²) in [6, 6.07) is 7.40. The van der Waals surface area contributed by atoms with Crippen LogP contribution in [0.25, 0.3) is 11.0 Å².